The zero-order chi connectivity index (χ0) is 83.0. The molecular weight excluding hydrogens is 1480 g/mol. The average molecular weight is 1600 g/mol. The van der Waals surface area contributed by atoms with Gasteiger partial charge >= 0.3 is 12.1 Å². The number of primary amides is 1. The molecule has 5 aromatic carbocycles. The summed E-state index contributed by atoms with van der Waals surface area (Å²) in [5, 5.41) is 33.1. The Hall–Kier alpha value is -10.2. The van der Waals surface area contributed by atoms with E-state index in [1.807, 2.05) is 92.7 Å². The van der Waals surface area contributed by atoms with E-state index in [0.717, 1.165) is 78.3 Å². The summed E-state index contributed by atoms with van der Waals surface area (Å²) in [5.41, 5.74) is 17.9. The highest BCUT2D eigenvalue weighted by Gasteiger charge is 2.59. The van der Waals surface area contributed by atoms with Crippen molar-refractivity contribution in [1.29, 1.82) is 0 Å². The molecule has 0 radical (unpaired) electrons. The highest BCUT2D eigenvalue weighted by Crippen LogP contribution is 2.60. The fourth-order valence-corrected chi connectivity index (χ4v) is 17.8. The lowest BCUT2D eigenvalue weighted by molar-refractivity contribution is -0.150. The number of ether oxygens (including phenoxy) is 5. The summed E-state index contributed by atoms with van der Waals surface area (Å²) >= 11 is 0. The Morgan fingerprint density at radius 1 is 0.552 bits per heavy atom. The molecule has 4 aliphatic carbocycles. The number of carbonyl (C=O) groups is 10. The first-order chi connectivity index (χ1) is 55.7. The summed E-state index contributed by atoms with van der Waals surface area (Å²) < 4.78 is 28.0. The molecule has 5 aromatic rings. The van der Waals surface area contributed by atoms with Gasteiger partial charge in [-0.1, -0.05) is 121 Å². The van der Waals surface area contributed by atoms with Gasteiger partial charge in [-0.05, 0) is 207 Å². The zero-order valence-electron chi connectivity index (χ0n) is 67.9. The van der Waals surface area contributed by atoms with Crippen molar-refractivity contribution in [3.05, 3.63) is 154 Å². The van der Waals surface area contributed by atoms with Crippen molar-refractivity contribution in [3.8, 4) is 17.6 Å². The van der Waals surface area contributed by atoms with Crippen LogP contribution in [-0.2, 0) is 98.9 Å². The first-order valence-electron chi connectivity index (χ1n) is 41.1. The second-order valence-corrected chi connectivity index (χ2v) is 32.5. The lowest BCUT2D eigenvalue weighted by atomic mass is 9.49. The molecule has 2 saturated carbocycles. The number of nitrogens with two attached hydrogens (primary N) is 2. The number of aromatic hydroxyl groups is 1. The monoisotopic (exact) mass is 1600 g/mol. The third kappa shape index (κ3) is 22.9. The number of unbranched alkanes of at least 4 members (excludes halogenated alkanes) is 1. The van der Waals surface area contributed by atoms with Crippen molar-refractivity contribution in [1.82, 2.24) is 31.9 Å². The Bertz CT molecular complexity index is 4370. The van der Waals surface area contributed by atoms with Gasteiger partial charge in [0, 0.05) is 54.9 Å². The standard InChI is InChI=1S/C89H117N11O16/c1-58(2)78(98-76(103)38-46-112-48-50-114-52-53-115-51-49-113-47-45-92-75(102)36-37-77(104)100-56-64-18-8-7-16-60(64)24-25-63-17-9-10-21-72(63)100)81(107)96-70(20-13-44-93-84(91)110)79(105)94-65-30-22-59(23-31-65)57-116-85(111)97-71(19-11-12-43-90)80(106)95-66-32-26-61-28-34-73-86(3,68(61)54-66)39-14-41-88(73,5)82(108)99-83(109)89(6)42-15-40-87(4)69-55-67(101)33-27-62(69)29-35-74(87)89/h7-10,16-18,21-23,26-27,30-33,54-55,58,70-71,73-74,78,101H,11-15,19-20,28-29,34-53,56-57,90H2,1-6H3,(H,92,102)(H,94,105)(H,95,106)(H,96,107)(H,97,111)(H,98,103)(H3,91,93,110)(H,99,108,109)/t70-,71-,73+,74+,78-,86+,87+,88-,89-/m0/s1. The van der Waals surface area contributed by atoms with E-state index < -0.39 is 70.1 Å². The molecule has 13 N–H and O–H groups in total. The summed E-state index contributed by atoms with van der Waals surface area (Å²) in [6.07, 6.45) is 8.61. The summed E-state index contributed by atoms with van der Waals surface area (Å²) in [6, 6.07) is 29.3. The number of nitrogens with zero attached hydrogens (tertiary/aromatic N) is 1. The minimum absolute atomic E-state index is 0.0106. The quantitative estimate of drug-likeness (QED) is 0.00990. The third-order valence-electron chi connectivity index (χ3n) is 24.1. The lowest BCUT2D eigenvalue weighted by Crippen LogP contribution is -2.60. The average Bonchev–Trinajstić information content (AvgIpc) is 0.721. The Morgan fingerprint density at radius 2 is 1.11 bits per heavy atom. The molecule has 5 aliphatic rings. The van der Waals surface area contributed by atoms with Gasteiger partial charge in [-0.3, -0.25) is 43.7 Å². The van der Waals surface area contributed by atoms with E-state index in [2.05, 4.69) is 68.2 Å². The maximum atomic E-state index is 14.9. The van der Waals surface area contributed by atoms with Crippen LogP contribution in [0.25, 0.3) is 0 Å². The number of fused-ring (bicyclic) bond motifs is 8. The minimum Gasteiger partial charge on any atom is -0.508 e. The van der Waals surface area contributed by atoms with Gasteiger partial charge in [0.15, 0.2) is 0 Å². The van der Waals surface area contributed by atoms with Crippen LogP contribution in [0.15, 0.2) is 109 Å². The van der Waals surface area contributed by atoms with Crippen LogP contribution >= 0.6 is 0 Å². The normalized spacial score (nSPS) is 21.0. The summed E-state index contributed by atoms with van der Waals surface area (Å²) in [7, 11) is 0. The number of anilines is 3. The van der Waals surface area contributed by atoms with Crippen LogP contribution in [0.5, 0.6) is 5.75 Å². The van der Waals surface area contributed by atoms with Crippen molar-refractivity contribution in [2.75, 3.05) is 88.0 Å². The Morgan fingerprint density at radius 3 is 1.75 bits per heavy atom. The maximum Gasteiger partial charge on any atom is 0.408 e. The van der Waals surface area contributed by atoms with Gasteiger partial charge in [0.25, 0.3) is 0 Å². The molecule has 27 heteroatoms. The molecule has 9 atom stereocenters. The first-order valence-corrected chi connectivity index (χ1v) is 41.1. The molecule has 0 unspecified atom stereocenters. The Kier molecular flexibility index (Phi) is 31.6. The van der Waals surface area contributed by atoms with Crippen LogP contribution in [0.2, 0.25) is 0 Å². The number of alkyl carbamates (subject to hydrolysis) is 1. The molecule has 1 heterocycles. The summed E-state index contributed by atoms with van der Waals surface area (Å²) in [5.74, 6) is 3.12. The van der Waals surface area contributed by atoms with Gasteiger partial charge in [0.2, 0.25) is 47.3 Å². The number of urea groups is 1. The van der Waals surface area contributed by atoms with Gasteiger partial charge in [-0.15, -0.1) is 0 Å². The van der Waals surface area contributed by atoms with Crippen LogP contribution < -0.4 is 58.9 Å². The van der Waals surface area contributed by atoms with E-state index in [9.17, 15) is 53.1 Å². The van der Waals surface area contributed by atoms with E-state index >= 15 is 0 Å². The van der Waals surface area contributed by atoms with Gasteiger partial charge in [0.05, 0.1) is 75.9 Å². The van der Waals surface area contributed by atoms with Gasteiger partial charge in [-0.2, -0.15) is 0 Å². The number of nitrogens with one attached hydrogen (secondary N) is 8. The second kappa shape index (κ2) is 41.5. The van der Waals surface area contributed by atoms with E-state index in [4.69, 9.17) is 35.2 Å². The van der Waals surface area contributed by atoms with Crippen LogP contribution in [-0.4, -0.2) is 155 Å². The number of para-hydroxylation sites is 1. The van der Waals surface area contributed by atoms with E-state index in [0.29, 0.717) is 87.6 Å². The van der Waals surface area contributed by atoms with Crippen molar-refractivity contribution in [2.24, 2.45) is 40.1 Å². The van der Waals surface area contributed by atoms with E-state index in [1.165, 1.54) is 5.56 Å². The van der Waals surface area contributed by atoms with Crippen LogP contribution in [0.4, 0.5) is 26.7 Å². The van der Waals surface area contributed by atoms with E-state index in [1.54, 1.807) is 49.1 Å². The van der Waals surface area contributed by atoms with Gasteiger partial charge < -0.3 is 82.4 Å². The molecule has 0 bridgehead atoms. The first kappa shape index (κ1) is 88.1. The lowest BCUT2D eigenvalue weighted by Gasteiger charge is -2.56. The topological polar surface area (TPSA) is 389 Å². The number of aryl methyl sites for hydroxylation is 2. The Balaban J connectivity index is 0.616. The summed E-state index contributed by atoms with van der Waals surface area (Å²) in [4.78, 5) is 138. The highest BCUT2D eigenvalue weighted by molar-refractivity contribution is 6.02. The fraction of sp³-hybridized carbons (Fsp3) is 0.528. The molecule has 0 aromatic heterocycles. The minimum atomic E-state index is -1.11. The molecule has 0 saturated heterocycles. The molecule has 1 aliphatic heterocycles. The van der Waals surface area contributed by atoms with Crippen molar-refractivity contribution < 1.29 is 76.7 Å². The van der Waals surface area contributed by atoms with Crippen LogP contribution in [0.1, 0.15) is 189 Å². The number of hydrogen-bond donors (Lipinski definition) is 11. The third-order valence-corrected chi connectivity index (χ3v) is 24.1. The number of carbonyl (C=O) groups excluding carboxylic acids is 10. The van der Waals surface area contributed by atoms with E-state index in [-0.39, 0.29) is 144 Å². The number of amides is 11. The Labute approximate surface area is 680 Å². The number of phenols is 1. The fourth-order valence-electron chi connectivity index (χ4n) is 17.8. The molecule has 10 rings (SSSR count). The van der Waals surface area contributed by atoms with Crippen molar-refractivity contribution in [3.63, 3.8) is 0 Å². The molecule has 116 heavy (non-hydrogen) atoms. The van der Waals surface area contributed by atoms with Crippen molar-refractivity contribution in [2.45, 2.75) is 199 Å². The second-order valence-electron chi connectivity index (χ2n) is 32.5. The number of hydrogen-bond acceptors (Lipinski definition) is 17. The SMILES string of the molecule is CC(C)[C@H](NC(=O)CCOCCOCCOCCOCCNC(=O)CCC(=O)N1Cc2ccccc2C#Cc2ccccc21)C(=O)N[C@@H](CCCNC(N)=O)C(=O)Nc1ccc(COC(=O)N[C@@H](CCCCN)C(=O)Nc2ccc3c(c2)[C@@]2(C)CCC[C@](C)(C(=O)NC(=O)[C@@]4(C)CCC[C@]5(C)c6cc(O)ccc6CC[C@@H]45)[C@@H]2CC3)cc1. The molecule has 2 fully saturated rings. The molecule has 11 amide bonds. The smallest absolute Gasteiger partial charge is 0.408 e. The number of rotatable bonds is 39. The van der Waals surface area contributed by atoms with Crippen LogP contribution in [0, 0.1) is 40.4 Å². The predicted molar refractivity (Wildman–Crippen MR) is 439 cm³/mol. The predicted octanol–water partition coefficient (Wildman–Crippen LogP) is 9.43. The molecule has 624 valence electrons. The number of phenolic OH excluding ortho intramolecular Hbond substituents is 1. The molecular formula is C89H117N11O16. The van der Waals surface area contributed by atoms with Crippen LogP contribution in [0.3, 0.4) is 0 Å². The zero-order valence-corrected chi connectivity index (χ0v) is 67.9. The molecule has 27 nitrogen and oxygen atoms in total. The maximum absolute atomic E-state index is 14.9. The summed E-state index contributed by atoms with van der Waals surface area (Å²) in [6.45, 7) is 14.8. The largest absolute Gasteiger partial charge is 0.508 e. The molecule has 0 spiro atoms. The van der Waals surface area contributed by atoms with Gasteiger partial charge in [-0.25, -0.2) is 9.59 Å². The highest BCUT2D eigenvalue weighted by atomic mass is 16.6. The number of benzene rings is 5. The number of imide groups is 1. The van der Waals surface area contributed by atoms with Gasteiger partial charge in [0.1, 0.15) is 30.5 Å². The van der Waals surface area contributed by atoms with Crippen molar-refractivity contribution >= 4 is 76.4 Å².